The van der Waals surface area contributed by atoms with Crippen molar-refractivity contribution in [1.29, 1.82) is 0 Å². The number of benzene rings is 1. The van der Waals surface area contributed by atoms with Crippen molar-refractivity contribution in [2.45, 2.75) is 6.18 Å². The van der Waals surface area contributed by atoms with Crippen LogP contribution in [-0.2, 0) is 6.18 Å². The fourth-order valence-electron chi connectivity index (χ4n) is 1.71. The summed E-state index contributed by atoms with van der Waals surface area (Å²) in [6.07, 6.45) is -2.65. The lowest BCUT2D eigenvalue weighted by Gasteiger charge is -2.05. The highest BCUT2D eigenvalue weighted by atomic mass is 19.4. The molecule has 0 fully saturated rings. The minimum absolute atomic E-state index is 0.335. The Balaban J connectivity index is 2.33. The highest BCUT2D eigenvalue weighted by Crippen LogP contribution is 2.31. The largest absolute Gasteiger partial charge is 0.416 e. The van der Waals surface area contributed by atoms with Gasteiger partial charge in [-0.2, -0.15) is 13.2 Å². The quantitative estimate of drug-likeness (QED) is 0.627. The summed E-state index contributed by atoms with van der Waals surface area (Å²) < 4.78 is 39.0. The molecule has 82 valence electrons. The van der Waals surface area contributed by atoms with Crippen molar-refractivity contribution in [2.24, 2.45) is 0 Å². The Morgan fingerprint density at radius 3 is 2.75 bits per heavy atom. The van der Waals surface area contributed by atoms with Gasteiger partial charge in [-0.3, -0.25) is 5.10 Å². The van der Waals surface area contributed by atoms with Gasteiger partial charge in [0, 0.05) is 12.3 Å². The third kappa shape index (κ3) is 1.19. The molecule has 0 spiro atoms. The first-order valence-electron chi connectivity index (χ1n) is 4.58. The number of alkyl halides is 3. The molecule has 3 rings (SSSR count). The SMILES string of the molecule is FC(F)(F)c1ccc2c(c1)nc1cc[nH]n12. The number of nitrogens with one attached hydrogen (secondary N) is 1. The van der Waals surface area contributed by atoms with Crippen LogP contribution in [-0.4, -0.2) is 14.6 Å². The summed E-state index contributed by atoms with van der Waals surface area (Å²) in [5.74, 6) is 0. The molecule has 0 saturated carbocycles. The van der Waals surface area contributed by atoms with Crippen LogP contribution in [0.2, 0.25) is 0 Å². The lowest BCUT2D eigenvalue weighted by molar-refractivity contribution is -0.137. The van der Waals surface area contributed by atoms with E-state index in [0.29, 0.717) is 16.7 Å². The number of hydrogen-bond donors (Lipinski definition) is 1. The second kappa shape index (κ2) is 2.78. The summed E-state index contributed by atoms with van der Waals surface area (Å²) in [6.45, 7) is 0. The molecular weight excluding hydrogens is 219 g/mol. The number of imidazole rings is 1. The highest BCUT2D eigenvalue weighted by Gasteiger charge is 2.30. The zero-order valence-corrected chi connectivity index (χ0v) is 7.92. The number of halogens is 3. The van der Waals surface area contributed by atoms with Gasteiger partial charge in [0.15, 0.2) is 5.65 Å². The highest BCUT2D eigenvalue weighted by molar-refractivity contribution is 5.80. The fourth-order valence-corrected chi connectivity index (χ4v) is 1.71. The van der Waals surface area contributed by atoms with E-state index in [1.807, 2.05) is 0 Å². The third-order valence-corrected chi connectivity index (χ3v) is 2.44. The Morgan fingerprint density at radius 1 is 1.19 bits per heavy atom. The Bertz CT molecular complexity index is 663. The molecule has 6 heteroatoms. The molecule has 0 aliphatic rings. The Kier molecular flexibility index (Phi) is 1.61. The molecule has 0 radical (unpaired) electrons. The van der Waals surface area contributed by atoms with Crippen LogP contribution in [0, 0.1) is 0 Å². The predicted molar refractivity (Wildman–Crippen MR) is 52.1 cm³/mol. The van der Waals surface area contributed by atoms with Crippen LogP contribution in [0.25, 0.3) is 16.7 Å². The van der Waals surface area contributed by atoms with E-state index in [-0.39, 0.29) is 0 Å². The van der Waals surface area contributed by atoms with Crippen LogP contribution in [0.4, 0.5) is 13.2 Å². The molecule has 2 aromatic heterocycles. The van der Waals surface area contributed by atoms with Crippen molar-refractivity contribution >= 4 is 16.7 Å². The van der Waals surface area contributed by atoms with Gasteiger partial charge in [-0.15, -0.1) is 0 Å². The lowest BCUT2D eigenvalue weighted by Crippen LogP contribution is -2.04. The van der Waals surface area contributed by atoms with E-state index in [9.17, 15) is 13.2 Å². The van der Waals surface area contributed by atoms with E-state index in [1.165, 1.54) is 6.07 Å². The van der Waals surface area contributed by atoms with Gasteiger partial charge in [0.05, 0.1) is 16.6 Å². The van der Waals surface area contributed by atoms with Crippen LogP contribution in [0.3, 0.4) is 0 Å². The van der Waals surface area contributed by atoms with Gasteiger partial charge in [-0.25, -0.2) is 9.50 Å². The number of aromatic nitrogens is 3. The zero-order valence-electron chi connectivity index (χ0n) is 7.92. The minimum atomic E-state index is -4.33. The van der Waals surface area contributed by atoms with Crippen LogP contribution in [0.1, 0.15) is 5.56 Å². The Labute approximate surface area is 87.5 Å². The van der Waals surface area contributed by atoms with E-state index in [4.69, 9.17) is 0 Å². The fraction of sp³-hybridized carbons (Fsp3) is 0.100. The summed E-state index contributed by atoms with van der Waals surface area (Å²) in [5, 5.41) is 2.87. The van der Waals surface area contributed by atoms with Crippen molar-refractivity contribution in [2.75, 3.05) is 0 Å². The van der Waals surface area contributed by atoms with E-state index < -0.39 is 11.7 Å². The summed E-state index contributed by atoms with van der Waals surface area (Å²) in [5.41, 5.74) is 0.893. The number of hydrogen-bond acceptors (Lipinski definition) is 1. The first kappa shape index (κ1) is 9.26. The number of rotatable bonds is 0. The Hall–Kier alpha value is -1.98. The maximum absolute atomic E-state index is 12.5. The lowest BCUT2D eigenvalue weighted by atomic mass is 10.2. The normalized spacial score (nSPS) is 12.7. The molecule has 16 heavy (non-hydrogen) atoms. The van der Waals surface area contributed by atoms with Crippen molar-refractivity contribution in [3.63, 3.8) is 0 Å². The molecule has 0 aliphatic carbocycles. The molecule has 0 saturated heterocycles. The summed E-state index contributed by atoms with van der Waals surface area (Å²) >= 11 is 0. The molecule has 2 heterocycles. The van der Waals surface area contributed by atoms with Crippen LogP contribution >= 0.6 is 0 Å². The smallest absolute Gasteiger partial charge is 0.299 e. The van der Waals surface area contributed by atoms with Gasteiger partial charge in [-0.1, -0.05) is 0 Å². The summed E-state index contributed by atoms with van der Waals surface area (Å²) in [6, 6.07) is 5.22. The summed E-state index contributed by atoms with van der Waals surface area (Å²) in [7, 11) is 0. The molecule has 0 atom stereocenters. The van der Waals surface area contributed by atoms with Crippen LogP contribution < -0.4 is 0 Å². The van der Waals surface area contributed by atoms with Gasteiger partial charge in [-0.05, 0) is 18.2 Å². The van der Waals surface area contributed by atoms with Gasteiger partial charge in [0.1, 0.15) is 0 Å². The van der Waals surface area contributed by atoms with E-state index in [0.717, 1.165) is 12.1 Å². The van der Waals surface area contributed by atoms with Gasteiger partial charge in [0.25, 0.3) is 0 Å². The van der Waals surface area contributed by atoms with E-state index >= 15 is 0 Å². The van der Waals surface area contributed by atoms with Crippen molar-refractivity contribution < 1.29 is 13.2 Å². The number of nitrogens with zero attached hydrogens (tertiary/aromatic N) is 2. The molecule has 1 aromatic carbocycles. The molecule has 0 unspecified atom stereocenters. The van der Waals surface area contributed by atoms with Crippen LogP contribution in [0.15, 0.2) is 30.5 Å². The number of aromatic amines is 1. The number of H-pyrrole nitrogens is 1. The van der Waals surface area contributed by atoms with Crippen molar-refractivity contribution in [1.82, 2.24) is 14.6 Å². The van der Waals surface area contributed by atoms with Gasteiger partial charge >= 0.3 is 6.18 Å². The van der Waals surface area contributed by atoms with Gasteiger partial charge in [0.2, 0.25) is 0 Å². The van der Waals surface area contributed by atoms with E-state index in [1.54, 1.807) is 16.8 Å². The average molecular weight is 225 g/mol. The molecule has 0 bridgehead atoms. The maximum atomic E-state index is 12.5. The molecule has 0 aliphatic heterocycles. The molecule has 0 amide bonds. The summed E-state index contributed by atoms with van der Waals surface area (Å²) in [4.78, 5) is 4.08. The first-order valence-corrected chi connectivity index (χ1v) is 4.58. The maximum Gasteiger partial charge on any atom is 0.416 e. The third-order valence-electron chi connectivity index (χ3n) is 2.44. The molecule has 3 nitrogen and oxygen atoms in total. The molecular formula is C10H6F3N3. The standard InChI is InChI=1S/C10H6F3N3/c11-10(12,13)6-1-2-8-7(5-6)15-9-3-4-14-16(8)9/h1-5,14H. The molecule has 1 N–H and O–H groups in total. The second-order valence-electron chi connectivity index (χ2n) is 3.47. The van der Waals surface area contributed by atoms with Crippen molar-refractivity contribution in [3.05, 3.63) is 36.0 Å². The number of fused-ring (bicyclic) bond motifs is 3. The predicted octanol–water partition coefficient (Wildman–Crippen LogP) is 2.83. The van der Waals surface area contributed by atoms with E-state index in [2.05, 4.69) is 10.1 Å². The first-order chi connectivity index (χ1) is 7.55. The minimum Gasteiger partial charge on any atom is -0.299 e. The monoisotopic (exact) mass is 225 g/mol. The van der Waals surface area contributed by atoms with Crippen molar-refractivity contribution in [3.8, 4) is 0 Å². The van der Waals surface area contributed by atoms with Gasteiger partial charge < -0.3 is 0 Å². The molecule has 3 aromatic rings. The Morgan fingerprint density at radius 2 is 2.00 bits per heavy atom. The van der Waals surface area contributed by atoms with Crippen LogP contribution in [0.5, 0.6) is 0 Å². The topological polar surface area (TPSA) is 33.1 Å². The average Bonchev–Trinajstić information content (AvgIpc) is 2.74. The second-order valence-corrected chi connectivity index (χ2v) is 3.47. The zero-order chi connectivity index (χ0) is 11.3.